The molecule has 0 aromatic carbocycles. The second-order valence-electron chi connectivity index (χ2n) is 12.2. The lowest BCUT2D eigenvalue weighted by Crippen LogP contribution is -2.53. The molecule has 0 bridgehead atoms. The van der Waals surface area contributed by atoms with E-state index in [4.69, 9.17) is 0 Å². The van der Waals surface area contributed by atoms with Gasteiger partial charge < -0.3 is 10.2 Å². The van der Waals surface area contributed by atoms with E-state index in [0.717, 1.165) is 48.9 Å². The molecule has 0 aromatic rings. The van der Waals surface area contributed by atoms with E-state index in [9.17, 15) is 10.2 Å². The zero-order valence-corrected chi connectivity index (χ0v) is 18.4. The van der Waals surface area contributed by atoms with Crippen molar-refractivity contribution < 1.29 is 10.2 Å². The van der Waals surface area contributed by atoms with Gasteiger partial charge in [-0.2, -0.15) is 0 Å². The van der Waals surface area contributed by atoms with E-state index in [2.05, 4.69) is 13.8 Å². The van der Waals surface area contributed by atoms with Crippen LogP contribution in [0.2, 0.25) is 0 Å². The summed E-state index contributed by atoms with van der Waals surface area (Å²) in [6.45, 7) is 5.26. The first-order valence-corrected chi connectivity index (χ1v) is 12.8. The monoisotopic (exact) mass is 388 g/mol. The molecule has 0 spiro atoms. The SMILES string of the molecule is CC12CCC(O)CC1CCC1C2CC[C@]2(C)C(CCCC(O)C3CC3)CCC12. The third-order valence-electron chi connectivity index (χ3n) is 11.1. The highest BCUT2D eigenvalue weighted by Gasteiger charge is 2.59. The topological polar surface area (TPSA) is 40.5 Å². The van der Waals surface area contributed by atoms with E-state index in [-0.39, 0.29) is 12.2 Å². The zero-order chi connectivity index (χ0) is 19.5. The summed E-state index contributed by atoms with van der Waals surface area (Å²) in [6.07, 6.45) is 18.2. The Labute approximate surface area is 172 Å². The van der Waals surface area contributed by atoms with Gasteiger partial charge in [0.25, 0.3) is 0 Å². The van der Waals surface area contributed by atoms with Gasteiger partial charge in [0.2, 0.25) is 0 Å². The van der Waals surface area contributed by atoms with Crippen LogP contribution in [0, 0.1) is 46.3 Å². The lowest BCUT2D eigenvalue weighted by Gasteiger charge is -2.61. The molecule has 5 fully saturated rings. The van der Waals surface area contributed by atoms with Crippen molar-refractivity contribution in [2.75, 3.05) is 0 Å². The highest BCUT2D eigenvalue weighted by Crippen LogP contribution is 2.67. The second-order valence-corrected chi connectivity index (χ2v) is 12.2. The quantitative estimate of drug-likeness (QED) is 0.611. The predicted octanol–water partition coefficient (Wildman–Crippen LogP) is 5.95. The van der Waals surface area contributed by atoms with Gasteiger partial charge >= 0.3 is 0 Å². The summed E-state index contributed by atoms with van der Waals surface area (Å²) in [6, 6.07) is 0. The molecule has 8 unspecified atom stereocenters. The van der Waals surface area contributed by atoms with E-state index >= 15 is 0 Å². The molecule has 0 saturated heterocycles. The minimum atomic E-state index is -0.0228. The Balaban J connectivity index is 1.25. The van der Waals surface area contributed by atoms with Crippen LogP contribution < -0.4 is 0 Å². The Morgan fingerprint density at radius 3 is 2.39 bits per heavy atom. The van der Waals surface area contributed by atoms with Crippen molar-refractivity contribution in [3.63, 3.8) is 0 Å². The van der Waals surface area contributed by atoms with Gasteiger partial charge in [0.05, 0.1) is 12.2 Å². The molecule has 5 aliphatic rings. The van der Waals surface area contributed by atoms with Gasteiger partial charge in [0.1, 0.15) is 0 Å². The first-order chi connectivity index (χ1) is 13.4. The first-order valence-electron chi connectivity index (χ1n) is 12.8. The Morgan fingerprint density at radius 1 is 0.857 bits per heavy atom. The molecule has 0 aromatic heterocycles. The van der Waals surface area contributed by atoms with Gasteiger partial charge in [-0.05, 0) is 130 Å². The van der Waals surface area contributed by atoms with E-state index in [1.54, 1.807) is 0 Å². The van der Waals surface area contributed by atoms with Gasteiger partial charge in [-0.25, -0.2) is 0 Å². The molecule has 2 N–H and O–H groups in total. The Kier molecular flexibility index (Phi) is 5.15. The minimum Gasteiger partial charge on any atom is -0.393 e. The van der Waals surface area contributed by atoms with Crippen molar-refractivity contribution in [2.45, 2.75) is 116 Å². The van der Waals surface area contributed by atoms with Crippen molar-refractivity contribution in [1.82, 2.24) is 0 Å². The highest BCUT2D eigenvalue weighted by molar-refractivity contribution is 5.09. The third-order valence-corrected chi connectivity index (χ3v) is 11.1. The molecule has 5 aliphatic carbocycles. The summed E-state index contributed by atoms with van der Waals surface area (Å²) in [7, 11) is 0. The number of aliphatic hydroxyl groups is 2. The Bertz CT molecular complexity index is 571. The Hall–Kier alpha value is -0.0800. The van der Waals surface area contributed by atoms with E-state index < -0.39 is 0 Å². The molecule has 0 heterocycles. The van der Waals surface area contributed by atoms with Crippen molar-refractivity contribution in [2.24, 2.45) is 46.3 Å². The summed E-state index contributed by atoms with van der Waals surface area (Å²) in [5.41, 5.74) is 1.08. The van der Waals surface area contributed by atoms with Crippen molar-refractivity contribution in [1.29, 1.82) is 0 Å². The predicted molar refractivity (Wildman–Crippen MR) is 114 cm³/mol. The summed E-state index contributed by atoms with van der Waals surface area (Å²) in [5.74, 6) is 5.16. The summed E-state index contributed by atoms with van der Waals surface area (Å²) < 4.78 is 0. The van der Waals surface area contributed by atoms with Crippen LogP contribution in [0.5, 0.6) is 0 Å². The van der Waals surface area contributed by atoms with Crippen molar-refractivity contribution in [3.05, 3.63) is 0 Å². The molecule has 5 rings (SSSR count). The number of hydrogen-bond donors (Lipinski definition) is 2. The van der Waals surface area contributed by atoms with Crippen LogP contribution in [0.1, 0.15) is 104 Å². The lowest BCUT2D eigenvalue weighted by atomic mass is 9.44. The van der Waals surface area contributed by atoms with Crippen LogP contribution in [-0.4, -0.2) is 22.4 Å². The molecule has 28 heavy (non-hydrogen) atoms. The number of rotatable bonds is 5. The molecular weight excluding hydrogens is 344 g/mol. The molecule has 2 heteroatoms. The molecular formula is C26H44O2. The first kappa shape index (κ1) is 19.9. The second kappa shape index (κ2) is 7.26. The van der Waals surface area contributed by atoms with Crippen LogP contribution in [0.4, 0.5) is 0 Å². The summed E-state index contributed by atoms with van der Waals surface area (Å²) in [4.78, 5) is 0. The van der Waals surface area contributed by atoms with Gasteiger partial charge in [0, 0.05) is 0 Å². The van der Waals surface area contributed by atoms with Crippen LogP contribution in [0.15, 0.2) is 0 Å². The maximum absolute atomic E-state index is 10.3. The minimum absolute atomic E-state index is 0.00220. The van der Waals surface area contributed by atoms with Crippen LogP contribution >= 0.6 is 0 Å². The molecule has 0 radical (unpaired) electrons. The maximum Gasteiger partial charge on any atom is 0.0568 e. The molecule has 160 valence electrons. The molecule has 0 aliphatic heterocycles. The number of aliphatic hydroxyl groups excluding tert-OH is 2. The van der Waals surface area contributed by atoms with E-state index in [1.807, 2.05) is 0 Å². The van der Waals surface area contributed by atoms with Gasteiger partial charge in [-0.3, -0.25) is 0 Å². The van der Waals surface area contributed by atoms with Crippen molar-refractivity contribution in [3.8, 4) is 0 Å². The molecule has 0 amide bonds. The van der Waals surface area contributed by atoms with Crippen LogP contribution in [-0.2, 0) is 0 Å². The van der Waals surface area contributed by atoms with Gasteiger partial charge in [-0.1, -0.05) is 20.3 Å². The lowest BCUT2D eigenvalue weighted by molar-refractivity contribution is -0.127. The number of hydrogen-bond acceptors (Lipinski definition) is 2. The van der Waals surface area contributed by atoms with Gasteiger partial charge in [-0.15, -0.1) is 0 Å². The van der Waals surface area contributed by atoms with Gasteiger partial charge in [0.15, 0.2) is 0 Å². The molecule has 5 saturated carbocycles. The zero-order valence-electron chi connectivity index (χ0n) is 18.4. The number of fused-ring (bicyclic) bond motifs is 5. The van der Waals surface area contributed by atoms with Crippen molar-refractivity contribution >= 4 is 0 Å². The highest BCUT2D eigenvalue weighted by atomic mass is 16.3. The fourth-order valence-electron chi connectivity index (χ4n) is 9.11. The van der Waals surface area contributed by atoms with E-state index in [0.29, 0.717) is 16.7 Å². The fraction of sp³-hybridized carbons (Fsp3) is 1.00. The Morgan fingerprint density at radius 2 is 1.61 bits per heavy atom. The molecule has 2 nitrogen and oxygen atoms in total. The van der Waals surface area contributed by atoms with E-state index in [1.165, 1.54) is 70.6 Å². The standard InChI is InChI=1S/C26H44O2/c1-25-15-13-23-21(10-8-19-16-20(27)12-14-26(19,23)2)22(25)11-9-18(25)4-3-5-24(28)17-6-7-17/h17-24,27-28H,3-16H2,1-2H3/t18?,19?,20?,21?,22?,23?,24?,25-,26?/m1/s1. The fourth-order valence-corrected chi connectivity index (χ4v) is 9.11. The maximum atomic E-state index is 10.3. The summed E-state index contributed by atoms with van der Waals surface area (Å²) in [5, 5.41) is 20.5. The average molecular weight is 389 g/mol. The molecule has 9 atom stereocenters. The average Bonchev–Trinajstić information content (AvgIpc) is 3.46. The summed E-state index contributed by atoms with van der Waals surface area (Å²) >= 11 is 0. The van der Waals surface area contributed by atoms with Crippen LogP contribution in [0.3, 0.4) is 0 Å². The van der Waals surface area contributed by atoms with Crippen LogP contribution in [0.25, 0.3) is 0 Å². The third kappa shape index (κ3) is 3.20. The largest absolute Gasteiger partial charge is 0.393 e. The normalized spacial score (nSPS) is 51.9. The smallest absolute Gasteiger partial charge is 0.0568 e.